The summed E-state index contributed by atoms with van der Waals surface area (Å²) in [5.41, 5.74) is -0.616. The van der Waals surface area contributed by atoms with Crippen molar-refractivity contribution in [3.05, 3.63) is 67.8 Å². The molecule has 0 heterocycles. The first kappa shape index (κ1) is 17.3. The quantitative estimate of drug-likeness (QED) is 0.650. The third kappa shape index (κ3) is 3.49. The van der Waals surface area contributed by atoms with Crippen LogP contribution < -0.4 is 4.72 Å². The second-order valence-corrected chi connectivity index (χ2v) is 6.75. The molecule has 1 N–H and O–H groups in total. The van der Waals surface area contributed by atoms with Crippen molar-refractivity contribution in [3.8, 4) is 0 Å². The van der Waals surface area contributed by atoms with Gasteiger partial charge in [0.15, 0.2) is 0 Å². The summed E-state index contributed by atoms with van der Waals surface area (Å²) >= 11 is 0. The van der Waals surface area contributed by atoms with Gasteiger partial charge in [0.1, 0.15) is 5.56 Å². The first-order valence-electron chi connectivity index (χ1n) is 6.65. The van der Waals surface area contributed by atoms with Crippen LogP contribution in [0.5, 0.6) is 0 Å². The summed E-state index contributed by atoms with van der Waals surface area (Å²) in [7, 11) is -4.02. The Morgan fingerprint density at radius 2 is 1.38 bits per heavy atom. The second-order valence-electron chi connectivity index (χ2n) is 5.07. The van der Waals surface area contributed by atoms with E-state index in [0.29, 0.717) is 0 Å². The van der Waals surface area contributed by atoms with Crippen molar-refractivity contribution in [3.63, 3.8) is 0 Å². The third-order valence-electron chi connectivity index (χ3n) is 3.33. The Morgan fingerprint density at radius 3 is 1.79 bits per heavy atom. The number of nitro benzene ring substituents is 2. The van der Waals surface area contributed by atoms with Crippen molar-refractivity contribution in [1.82, 2.24) is 0 Å². The number of anilines is 1. The maximum Gasteiger partial charge on any atom is 0.281 e. The van der Waals surface area contributed by atoms with Gasteiger partial charge in [-0.15, -0.1) is 0 Å². The molecule has 0 radical (unpaired) electrons. The highest BCUT2D eigenvalue weighted by molar-refractivity contribution is 7.92. The van der Waals surface area contributed by atoms with Crippen molar-refractivity contribution >= 4 is 27.1 Å². The number of rotatable bonds is 5. The van der Waals surface area contributed by atoms with Gasteiger partial charge in [0.05, 0.1) is 20.4 Å². The first-order chi connectivity index (χ1) is 11.1. The third-order valence-corrected chi connectivity index (χ3v) is 4.73. The topological polar surface area (TPSA) is 132 Å². The van der Waals surface area contributed by atoms with E-state index in [1.807, 2.05) is 0 Å². The van der Waals surface area contributed by atoms with Crippen LogP contribution in [0, 0.1) is 34.1 Å². The Hall–Kier alpha value is -3.01. The molecule has 2 aromatic rings. The van der Waals surface area contributed by atoms with Gasteiger partial charge in [0.25, 0.3) is 21.4 Å². The Balaban J connectivity index is 2.51. The van der Waals surface area contributed by atoms with E-state index in [9.17, 15) is 28.6 Å². The number of nitrogens with zero attached hydrogens (tertiary/aromatic N) is 2. The lowest BCUT2D eigenvalue weighted by molar-refractivity contribution is -0.395. The normalized spacial score (nSPS) is 11.1. The van der Waals surface area contributed by atoms with Crippen LogP contribution in [0.15, 0.2) is 41.3 Å². The van der Waals surface area contributed by atoms with Crippen molar-refractivity contribution < 1.29 is 18.3 Å². The van der Waals surface area contributed by atoms with E-state index in [-0.39, 0.29) is 16.1 Å². The average Bonchev–Trinajstić information content (AvgIpc) is 2.48. The van der Waals surface area contributed by atoms with Gasteiger partial charge in [0.2, 0.25) is 0 Å². The lowest BCUT2D eigenvalue weighted by atomic mass is 10.1. The molecule has 2 aromatic carbocycles. The van der Waals surface area contributed by atoms with Crippen molar-refractivity contribution in [2.45, 2.75) is 18.7 Å². The van der Waals surface area contributed by atoms with Gasteiger partial charge in [-0.3, -0.25) is 25.0 Å². The minimum atomic E-state index is -4.02. The molecule has 0 unspecified atom stereocenters. The van der Waals surface area contributed by atoms with Crippen LogP contribution in [0.25, 0.3) is 0 Å². The van der Waals surface area contributed by atoms with Gasteiger partial charge < -0.3 is 0 Å². The highest BCUT2D eigenvalue weighted by Gasteiger charge is 2.25. The summed E-state index contributed by atoms with van der Waals surface area (Å²) < 4.78 is 26.8. The number of nitrogens with one attached hydrogen (secondary N) is 1. The van der Waals surface area contributed by atoms with Gasteiger partial charge in [0, 0.05) is 12.1 Å². The molecule has 0 aliphatic heterocycles. The number of hydrogen-bond acceptors (Lipinski definition) is 6. The van der Waals surface area contributed by atoms with Gasteiger partial charge in [-0.1, -0.05) is 17.7 Å². The van der Waals surface area contributed by atoms with E-state index in [1.165, 1.54) is 19.1 Å². The molecule has 10 heteroatoms. The molecule has 0 saturated heterocycles. The standard InChI is InChI=1S/C14H13N3O6S/c1-9-3-5-12(6-4-9)24(22,23)15-11-7-13(16(18)19)10(2)14(8-11)17(20)21/h3-8,15H,1-2H3. The van der Waals surface area contributed by atoms with Crippen molar-refractivity contribution in [1.29, 1.82) is 0 Å². The van der Waals surface area contributed by atoms with E-state index >= 15 is 0 Å². The zero-order valence-corrected chi connectivity index (χ0v) is 13.5. The summed E-state index contributed by atoms with van der Waals surface area (Å²) in [6.45, 7) is 3.02. The number of nitro groups is 2. The number of benzene rings is 2. The van der Waals surface area contributed by atoms with Gasteiger partial charge in [-0.05, 0) is 26.0 Å². The highest BCUT2D eigenvalue weighted by Crippen LogP contribution is 2.32. The lowest BCUT2D eigenvalue weighted by Crippen LogP contribution is -2.13. The van der Waals surface area contributed by atoms with Crippen molar-refractivity contribution in [2.24, 2.45) is 0 Å². The van der Waals surface area contributed by atoms with Gasteiger partial charge in [-0.2, -0.15) is 0 Å². The molecule has 0 amide bonds. The summed E-state index contributed by atoms with van der Waals surface area (Å²) in [4.78, 5) is 20.4. The smallest absolute Gasteiger partial charge is 0.279 e. The highest BCUT2D eigenvalue weighted by atomic mass is 32.2. The maximum atomic E-state index is 12.3. The molecule has 126 valence electrons. The molecule has 0 spiro atoms. The predicted molar refractivity (Wildman–Crippen MR) is 86.5 cm³/mol. The van der Waals surface area contributed by atoms with Crippen LogP contribution >= 0.6 is 0 Å². The molecule has 9 nitrogen and oxygen atoms in total. The molecule has 0 fully saturated rings. The molecule has 0 aliphatic carbocycles. The molecule has 2 rings (SSSR count). The molecule has 0 aromatic heterocycles. The van der Waals surface area contributed by atoms with Crippen LogP contribution in [0.1, 0.15) is 11.1 Å². The maximum absolute atomic E-state index is 12.3. The van der Waals surface area contributed by atoms with E-state index in [2.05, 4.69) is 4.72 Å². The fourth-order valence-corrected chi connectivity index (χ4v) is 3.09. The second kappa shape index (κ2) is 6.24. The fourth-order valence-electron chi connectivity index (χ4n) is 2.05. The molecule has 0 saturated carbocycles. The van der Waals surface area contributed by atoms with Crippen LogP contribution in [-0.4, -0.2) is 18.3 Å². The van der Waals surface area contributed by atoms with Crippen LogP contribution in [-0.2, 0) is 10.0 Å². The number of hydrogen-bond donors (Lipinski definition) is 1. The van der Waals surface area contributed by atoms with E-state index in [4.69, 9.17) is 0 Å². The molecular formula is C14H13N3O6S. The minimum absolute atomic E-state index is 0.0565. The van der Waals surface area contributed by atoms with Crippen LogP contribution in [0.4, 0.5) is 17.1 Å². The largest absolute Gasteiger partial charge is 0.281 e. The summed E-state index contributed by atoms with van der Waals surface area (Å²) in [5.74, 6) is 0. The zero-order chi connectivity index (χ0) is 18.1. The first-order valence-corrected chi connectivity index (χ1v) is 8.13. The molecule has 0 aliphatic rings. The predicted octanol–water partition coefficient (Wildman–Crippen LogP) is 2.92. The summed E-state index contributed by atoms with van der Waals surface area (Å²) in [5, 5.41) is 22.1. The Morgan fingerprint density at radius 1 is 0.917 bits per heavy atom. The molecule has 24 heavy (non-hydrogen) atoms. The molecule has 0 atom stereocenters. The summed E-state index contributed by atoms with van der Waals surface area (Å²) in [6, 6.07) is 7.83. The Bertz CT molecular complexity index is 887. The van der Waals surface area contributed by atoms with Gasteiger partial charge >= 0.3 is 0 Å². The monoisotopic (exact) mass is 351 g/mol. The van der Waals surface area contributed by atoms with E-state index in [1.54, 1.807) is 19.1 Å². The van der Waals surface area contributed by atoms with Gasteiger partial charge in [-0.25, -0.2) is 8.42 Å². The summed E-state index contributed by atoms with van der Waals surface area (Å²) in [6.07, 6.45) is 0. The Kier molecular flexibility index (Phi) is 4.51. The lowest BCUT2D eigenvalue weighted by Gasteiger charge is -2.09. The van der Waals surface area contributed by atoms with E-state index < -0.39 is 31.2 Å². The SMILES string of the molecule is Cc1ccc(S(=O)(=O)Nc2cc([N+](=O)[O-])c(C)c([N+](=O)[O-])c2)cc1. The fraction of sp³-hybridized carbons (Fsp3) is 0.143. The Labute approximate surface area is 137 Å². The van der Waals surface area contributed by atoms with E-state index in [0.717, 1.165) is 17.7 Å². The molecular weight excluding hydrogens is 338 g/mol. The zero-order valence-electron chi connectivity index (χ0n) is 12.7. The van der Waals surface area contributed by atoms with Crippen LogP contribution in [0.3, 0.4) is 0 Å². The minimum Gasteiger partial charge on any atom is -0.279 e. The van der Waals surface area contributed by atoms with Crippen LogP contribution in [0.2, 0.25) is 0 Å². The number of sulfonamides is 1. The molecule has 0 bridgehead atoms. The van der Waals surface area contributed by atoms with Crippen molar-refractivity contribution in [2.75, 3.05) is 4.72 Å². The number of aryl methyl sites for hydroxylation is 1. The average molecular weight is 351 g/mol.